The Labute approximate surface area is 151 Å². The molecular formula is C20H22BrNO2. The molecular weight excluding hydrogens is 366 g/mol. The summed E-state index contributed by atoms with van der Waals surface area (Å²) in [6.07, 6.45) is 2.17. The van der Waals surface area contributed by atoms with E-state index in [9.17, 15) is 4.79 Å². The molecule has 126 valence electrons. The number of halogens is 1. The van der Waals surface area contributed by atoms with Gasteiger partial charge in [0.2, 0.25) is 0 Å². The summed E-state index contributed by atoms with van der Waals surface area (Å²) in [5.74, 6) is 1.49. The van der Waals surface area contributed by atoms with Crippen LogP contribution in [0, 0.1) is 5.92 Å². The van der Waals surface area contributed by atoms with E-state index in [0.29, 0.717) is 5.75 Å². The summed E-state index contributed by atoms with van der Waals surface area (Å²) < 4.78 is 6.60. The molecule has 0 aliphatic carbocycles. The van der Waals surface area contributed by atoms with Crippen LogP contribution in [0.3, 0.4) is 0 Å². The second-order valence-corrected chi connectivity index (χ2v) is 7.22. The summed E-state index contributed by atoms with van der Waals surface area (Å²) >= 11 is 3.55. The molecule has 2 aromatic carbocycles. The van der Waals surface area contributed by atoms with E-state index >= 15 is 0 Å². The molecule has 1 fully saturated rings. The minimum Gasteiger partial charge on any atom is -0.483 e. The van der Waals surface area contributed by atoms with Gasteiger partial charge in [0, 0.05) is 13.1 Å². The number of carbonyl (C=O) groups excluding carboxylic acids is 1. The molecule has 0 atom stereocenters. The zero-order valence-corrected chi connectivity index (χ0v) is 15.5. The fourth-order valence-corrected chi connectivity index (χ4v) is 3.41. The first kappa shape index (κ1) is 17.0. The van der Waals surface area contributed by atoms with Gasteiger partial charge in [-0.05, 0) is 57.9 Å². The number of piperidine rings is 1. The Morgan fingerprint density at radius 2 is 1.83 bits per heavy atom. The second-order valence-electron chi connectivity index (χ2n) is 6.36. The number of hydrogen-bond donors (Lipinski definition) is 0. The highest BCUT2D eigenvalue weighted by Gasteiger charge is 2.20. The van der Waals surface area contributed by atoms with E-state index in [0.717, 1.165) is 47.4 Å². The van der Waals surface area contributed by atoms with E-state index < -0.39 is 0 Å². The molecule has 1 saturated heterocycles. The Morgan fingerprint density at radius 3 is 2.50 bits per heavy atom. The van der Waals surface area contributed by atoms with Gasteiger partial charge in [0.25, 0.3) is 5.91 Å². The van der Waals surface area contributed by atoms with Gasteiger partial charge >= 0.3 is 0 Å². The van der Waals surface area contributed by atoms with Crippen LogP contribution >= 0.6 is 15.9 Å². The summed E-state index contributed by atoms with van der Waals surface area (Å²) in [6, 6.07) is 16.1. The van der Waals surface area contributed by atoms with Crippen LogP contribution in [0.15, 0.2) is 53.0 Å². The Balaban J connectivity index is 1.60. The summed E-state index contributed by atoms with van der Waals surface area (Å²) in [5, 5.41) is 0. The number of benzene rings is 2. The van der Waals surface area contributed by atoms with Crippen LogP contribution in [-0.2, 0) is 4.79 Å². The third-order valence-corrected chi connectivity index (χ3v) is 5.15. The van der Waals surface area contributed by atoms with Crippen molar-refractivity contribution in [2.24, 2.45) is 5.92 Å². The number of amides is 1. The molecule has 3 rings (SSSR count). The van der Waals surface area contributed by atoms with Crippen molar-refractivity contribution in [1.29, 1.82) is 0 Å². The molecule has 2 aromatic rings. The third-order valence-electron chi connectivity index (χ3n) is 4.53. The van der Waals surface area contributed by atoms with Gasteiger partial charge in [0.1, 0.15) is 5.75 Å². The summed E-state index contributed by atoms with van der Waals surface area (Å²) in [5.41, 5.74) is 2.27. The number of ether oxygens (including phenoxy) is 1. The molecule has 1 aliphatic heterocycles. The molecule has 0 radical (unpaired) electrons. The van der Waals surface area contributed by atoms with Gasteiger partial charge < -0.3 is 9.64 Å². The SMILES string of the molecule is CC1CCN(C(=O)COc2ccc(-c3ccccc3)cc2Br)CC1. The van der Waals surface area contributed by atoms with Gasteiger partial charge in [0.05, 0.1) is 4.47 Å². The normalized spacial score (nSPS) is 15.3. The summed E-state index contributed by atoms with van der Waals surface area (Å²) in [6.45, 7) is 4.02. The topological polar surface area (TPSA) is 29.5 Å². The van der Waals surface area contributed by atoms with Crippen LogP contribution in [0.2, 0.25) is 0 Å². The first-order valence-corrected chi connectivity index (χ1v) is 9.18. The van der Waals surface area contributed by atoms with E-state index in [1.165, 1.54) is 0 Å². The van der Waals surface area contributed by atoms with Gasteiger partial charge in [-0.15, -0.1) is 0 Å². The average molecular weight is 388 g/mol. The van der Waals surface area contributed by atoms with Crippen LogP contribution in [0.25, 0.3) is 11.1 Å². The second kappa shape index (κ2) is 7.84. The maximum absolute atomic E-state index is 12.3. The molecule has 0 bridgehead atoms. The standard InChI is InChI=1S/C20H22BrNO2/c1-15-9-11-22(12-10-15)20(23)14-24-19-8-7-17(13-18(19)21)16-5-3-2-4-6-16/h2-8,13,15H,9-12,14H2,1H3. The molecule has 0 N–H and O–H groups in total. The van der Waals surface area contributed by atoms with Crippen LogP contribution in [0.5, 0.6) is 5.75 Å². The minimum absolute atomic E-state index is 0.0703. The summed E-state index contributed by atoms with van der Waals surface area (Å²) in [7, 11) is 0. The first-order chi connectivity index (χ1) is 11.6. The van der Waals surface area contributed by atoms with E-state index in [1.54, 1.807) is 0 Å². The van der Waals surface area contributed by atoms with Crippen LogP contribution in [0.4, 0.5) is 0 Å². The summed E-state index contributed by atoms with van der Waals surface area (Å²) in [4.78, 5) is 14.2. The molecule has 0 spiro atoms. The smallest absolute Gasteiger partial charge is 0.260 e. The monoisotopic (exact) mass is 387 g/mol. The maximum Gasteiger partial charge on any atom is 0.260 e. The van der Waals surface area contributed by atoms with Crippen LogP contribution < -0.4 is 4.74 Å². The Hall–Kier alpha value is -1.81. The van der Waals surface area contributed by atoms with Gasteiger partial charge in [0.15, 0.2) is 6.61 Å². The van der Waals surface area contributed by atoms with Crippen molar-refractivity contribution < 1.29 is 9.53 Å². The lowest BCUT2D eigenvalue weighted by molar-refractivity contribution is -0.134. The van der Waals surface area contributed by atoms with Gasteiger partial charge in [-0.3, -0.25) is 4.79 Å². The van der Waals surface area contributed by atoms with Gasteiger partial charge in [-0.1, -0.05) is 43.3 Å². The van der Waals surface area contributed by atoms with Crippen molar-refractivity contribution in [2.75, 3.05) is 19.7 Å². The molecule has 3 nitrogen and oxygen atoms in total. The van der Waals surface area contributed by atoms with Crippen LogP contribution in [0.1, 0.15) is 19.8 Å². The van der Waals surface area contributed by atoms with E-state index in [-0.39, 0.29) is 12.5 Å². The fourth-order valence-electron chi connectivity index (χ4n) is 2.92. The molecule has 0 saturated carbocycles. The molecule has 1 aliphatic rings. The highest BCUT2D eigenvalue weighted by atomic mass is 79.9. The van der Waals surface area contributed by atoms with E-state index in [4.69, 9.17) is 4.74 Å². The van der Waals surface area contributed by atoms with Crippen LogP contribution in [-0.4, -0.2) is 30.5 Å². The van der Waals surface area contributed by atoms with Crippen molar-refractivity contribution in [1.82, 2.24) is 4.90 Å². The predicted octanol–water partition coefficient (Wildman–Crippen LogP) is 4.75. The van der Waals surface area contributed by atoms with E-state index in [1.807, 2.05) is 41.3 Å². The number of rotatable bonds is 4. The molecule has 1 amide bonds. The van der Waals surface area contributed by atoms with Crippen molar-refractivity contribution in [2.45, 2.75) is 19.8 Å². The Kier molecular flexibility index (Phi) is 5.56. The molecule has 1 heterocycles. The van der Waals surface area contributed by atoms with Crippen molar-refractivity contribution >= 4 is 21.8 Å². The Morgan fingerprint density at radius 1 is 1.12 bits per heavy atom. The third kappa shape index (κ3) is 4.18. The fraction of sp³-hybridized carbons (Fsp3) is 0.350. The van der Waals surface area contributed by atoms with Crippen molar-refractivity contribution in [3.05, 3.63) is 53.0 Å². The Bertz CT molecular complexity index is 694. The number of carbonyl (C=O) groups is 1. The quantitative estimate of drug-likeness (QED) is 0.756. The first-order valence-electron chi connectivity index (χ1n) is 8.39. The average Bonchev–Trinajstić information content (AvgIpc) is 2.62. The van der Waals surface area contributed by atoms with Crippen molar-refractivity contribution in [3.8, 4) is 16.9 Å². The van der Waals surface area contributed by atoms with Crippen molar-refractivity contribution in [3.63, 3.8) is 0 Å². The number of nitrogens with zero attached hydrogens (tertiary/aromatic N) is 1. The lowest BCUT2D eigenvalue weighted by Crippen LogP contribution is -2.40. The number of hydrogen-bond acceptors (Lipinski definition) is 2. The van der Waals surface area contributed by atoms with E-state index in [2.05, 4.69) is 35.0 Å². The maximum atomic E-state index is 12.3. The highest BCUT2D eigenvalue weighted by Crippen LogP contribution is 2.30. The zero-order chi connectivity index (χ0) is 16.9. The molecule has 24 heavy (non-hydrogen) atoms. The molecule has 4 heteroatoms. The molecule has 0 unspecified atom stereocenters. The lowest BCUT2D eigenvalue weighted by Gasteiger charge is -2.30. The lowest BCUT2D eigenvalue weighted by atomic mass is 9.99. The van der Waals surface area contributed by atoms with Gasteiger partial charge in [-0.2, -0.15) is 0 Å². The zero-order valence-electron chi connectivity index (χ0n) is 13.9. The van der Waals surface area contributed by atoms with Gasteiger partial charge in [-0.25, -0.2) is 0 Å². The predicted molar refractivity (Wildman–Crippen MR) is 100 cm³/mol. The largest absolute Gasteiger partial charge is 0.483 e. The highest BCUT2D eigenvalue weighted by molar-refractivity contribution is 9.10. The minimum atomic E-state index is 0.0703. The molecule has 0 aromatic heterocycles. The number of likely N-dealkylation sites (tertiary alicyclic amines) is 1.